The molecular weight excluding hydrogens is 226 g/mol. The molecule has 1 aromatic rings. The fourth-order valence-corrected chi connectivity index (χ4v) is 2.63. The summed E-state index contributed by atoms with van der Waals surface area (Å²) in [5.74, 6) is 1.55. The van der Waals surface area contributed by atoms with E-state index in [0.29, 0.717) is 12.0 Å². The second kappa shape index (κ2) is 6.76. The maximum atomic E-state index is 9.37. The van der Waals surface area contributed by atoms with Crippen LogP contribution in [0.25, 0.3) is 0 Å². The van der Waals surface area contributed by atoms with Crippen molar-refractivity contribution in [1.82, 2.24) is 4.90 Å². The number of hydrogen-bond donors (Lipinski definition) is 1. The van der Waals surface area contributed by atoms with Crippen LogP contribution in [0.2, 0.25) is 0 Å². The lowest BCUT2D eigenvalue weighted by Crippen LogP contribution is -2.36. The van der Waals surface area contributed by atoms with Gasteiger partial charge in [0.05, 0.1) is 13.2 Å². The van der Waals surface area contributed by atoms with Crippen LogP contribution in [0.15, 0.2) is 30.3 Å². The van der Waals surface area contributed by atoms with Gasteiger partial charge in [0.2, 0.25) is 0 Å². The maximum absolute atomic E-state index is 9.37. The van der Waals surface area contributed by atoms with E-state index in [1.807, 2.05) is 30.3 Å². The molecule has 0 bridgehead atoms. The summed E-state index contributed by atoms with van der Waals surface area (Å²) >= 11 is 0. The summed E-state index contributed by atoms with van der Waals surface area (Å²) in [7, 11) is 0. The van der Waals surface area contributed by atoms with Crippen LogP contribution < -0.4 is 4.74 Å². The zero-order valence-corrected chi connectivity index (χ0v) is 11.1. The third-order valence-corrected chi connectivity index (χ3v) is 3.79. The van der Waals surface area contributed by atoms with Crippen LogP contribution in [0.5, 0.6) is 5.75 Å². The van der Waals surface area contributed by atoms with E-state index in [0.717, 1.165) is 31.9 Å². The summed E-state index contributed by atoms with van der Waals surface area (Å²) < 4.78 is 5.67. The van der Waals surface area contributed by atoms with Crippen LogP contribution >= 0.6 is 0 Å². The molecule has 1 aliphatic heterocycles. The molecule has 1 heterocycles. The molecule has 0 saturated carbocycles. The lowest BCUT2D eigenvalue weighted by atomic mass is 10.0. The molecule has 3 heteroatoms. The lowest BCUT2D eigenvalue weighted by Gasteiger charge is -2.24. The Kier molecular flexibility index (Phi) is 5.02. The molecule has 100 valence electrons. The van der Waals surface area contributed by atoms with Crippen molar-refractivity contribution in [2.45, 2.75) is 25.8 Å². The molecule has 0 amide bonds. The van der Waals surface area contributed by atoms with Gasteiger partial charge < -0.3 is 9.84 Å². The Morgan fingerprint density at radius 1 is 1.33 bits per heavy atom. The first-order valence-corrected chi connectivity index (χ1v) is 6.84. The highest BCUT2D eigenvalue weighted by atomic mass is 16.5. The van der Waals surface area contributed by atoms with Gasteiger partial charge in [-0.05, 0) is 37.4 Å². The maximum Gasteiger partial charge on any atom is 0.119 e. The zero-order valence-electron chi connectivity index (χ0n) is 11.1. The van der Waals surface area contributed by atoms with Gasteiger partial charge in [0.15, 0.2) is 0 Å². The van der Waals surface area contributed by atoms with Gasteiger partial charge in [-0.25, -0.2) is 0 Å². The second-order valence-electron chi connectivity index (χ2n) is 5.07. The average Bonchev–Trinajstić information content (AvgIpc) is 2.76. The van der Waals surface area contributed by atoms with Gasteiger partial charge in [-0.3, -0.25) is 4.90 Å². The predicted molar refractivity (Wildman–Crippen MR) is 72.8 cm³/mol. The van der Waals surface area contributed by atoms with Crippen LogP contribution in [0.4, 0.5) is 0 Å². The fraction of sp³-hybridized carbons (Fsp3) is 0.600. The highest BCUT2D eigenvalue weighted by molar-refractivity contribution is 5.20. The number of rotatable bonds is 6. The highest BCUT2D eigenvalue weighted by Gasteiger charge is 2.29. The summed E-state index contributed by atoms with van der Waals surface area (Å²) in [6.45, 7) is 5.37. The fourth-order valence-electron chi connectivity index (χ4n) is 2.63. The minimum Gasteiger partial charge on any atom is -0.494 e. The van der Waals surface area contributed by atoms with Crippen molar-refractivity contribution >= 4 is 0 Å². The van der Waals surface area contributed by atoms with Crippen molar-refractivity contribution in [3.63, 3.8) is 0 Å². The van der Waals surface area contributed by atoms with E-state index in [2.05, 4.69) is 11.8 Å². The number of benzene rings is 1. The molecule has 0 aromatic heterocycles. The number of para-hydroxylation sites is 1. The van der Waals surface area contributed by atoms with Gasteiger partial charge in [0.25, 0.3) is 0 Å². The van der Waals surface area contributed by atoms with E-state index in [1.165, 1.54) is 6.42 Å². The minimum atomic E-state index is 0.278. The third kappa shape index (κ3) is 3.47. The summed E-state index contributed by atoms with van der Waals surface area (Å²) in [5, 5.41) is 9.37. The van der Waals surface area contributed by atoms with Crippen molar-refractivity contribution in [1.29, 1.82) is 0 Å². The average molecular weight is 249 g/mol. The van der Waals surface area contributed by atoms with Crippen LogP contribution in [0.3, 0.4) is 0 Å². The Labute approximate surface area is 109 Å². The molecule has 1 aliphatic rings. The van der Waals surface area contributed by atoms with Crippen LogP contribution in [0, 0.1) is 5.92 Å². The zero-order chi connectivity index (χ0) is 12.8. The number of aliphatic hydroxyl groups excluding tert-OH is 1. The van der Waals surface area contributed by atoms with Gasteiger partial charge in [0.1, 0.15) is 5.75 Å². The van der Waals surface area contributed by atoms with Gasteiger partial charge in [0, 0.05) is 12.6 Å². The SMILES string of the molecule is CC1CCN(CCCOc2ccccc2)C1CO. The first kappa shape index (κ1) is 13.4. The summed E-state index contributed by atoms with van der Waals surface area (Å²) in [5.41, 5.74) is 0. The molecular formula is C15H23NO2. The first-order chi connectivity index (χ1) is 8.81. The Bertz CT molecular complexity index is 342. The molecule has 2 unspecified atom stereocenters. The van der Waals surface area contributed by atoms with E-state index >= 15 is 0 Å². The van der Waals surface area contributed by atoms with E-state index in [1.54, 1.807) is 0 Å². The van der Waals surface area contributed by atoms with E-state index in [-0.39, 0.29) is 6.61 Å². The molecule has 18 heavy (non-hydrogen) atoms. The van der Waals surface area contributed by atoms with Crippen LogP contribution in [0.1, 0.15) is 19.8 Å². The van der Waals surface area contributed by atoms with Crippen molar-refractivity contribution in [3.8, 4) is 5.75 Å². The van der Waals surface area contributed by atoms with Gasteiger partial charge in [-0.15, -0.1) is 0 Å². The molecule has 0 aliphatic carbocycles. The highest BCUT2D eigenvalue weighted by Crippen LogP contribution is 2.23. The monoisotopic (exact) mass is 249 g/mol. The van der Waals surface area contributed by atoms with Crippen molar-refractivity contribution in [2.24, 2.45) is 5.92 Å². The summed E-state index contributed by atoms with van der Waals surface area (Å²) in [6.07, 6.45) is 2.21. The number of nitrogens with zero attached hydrogens (tertiary/aromatic N) is 1. The Balaban J connectivity index is 1.67. The molecule has 1 N–H and O–H groups in total. The first-order valence-electron chi connectivity index (χ1n) is 6.84. The lowest BCUT2D eigenvalue weighted by molar-refractivity contribution is 0.133. The van der Waals surface area contributed by atoms with Crippen molar-refractivity contribution in [2.75, 3.05) is 26.3 Å². The number of aliphatic hydroxyl groups is 1. The second-order valence-corrected chi connectivity index (χ2v) is 5.07. The minimum absolute atomic E-state index is 0.278. The van der Waals surface area contributed by atoms with E-state index in [4.69, 9.17) is 4.74 Å². The largest absolute Gasteiger partial charge is 0.494 e. The third-order valence-electron chi connectivity index (χ3n) is 3.79. The predicted octanol–water partition coefficient (Wildman–Crippen LogP) is 2.16. The van der Waals surface area contributed by atoms with Crippen LogP contribution in [-0.4, -0.2) is 42.4 Å². The quantitative estimate of drug-likeness (QED) is 0.784. The molecule has 1 aromatic carbocycles. The van der Waals surface area contributed by atoms with Gasteiger partial charge >= 0.3 is 0 Å². The van der Waals surface area contributed by atoms with Crippen molar-refractivity contribution < 1.29 is 9.84 Å². The molecule has 1 saturated heterocycles. The molecule has 1 fully saturated rings. The normalized spacial score (nSPS) is 24.3. The summed E-state index contributed by atoms with van der Waals surface area (Å²) in [6, 6.07) is 10.3. The van der Waals surface area contributed by atoms with Crippen molar-refractivity contribution in [3.05, 3.63) is 30.3 Å². The number of hydrogen-bond acceptors (Lipinski definition) is 3. The molecule has 0 spiro atoms. The standard InChI is InChI=1S/C15H23NO2/c1-13-8-10-16(15(13)12-17)9-5-11-18-14-6-3-2-4-7-14/h2-4,6-7,13,15,17H,5,8-12H2,1H3. The van der Waals surface area contributed by atoms with Gasteiger partial charge in [-0.2, -0.15) is 0 Å². The number of likely N-dealkylation sites (tertiary alicyclic amines) is 1. The molecule has 2 rings (SSSR count). The molecule has 3 nitrogen and oxygen atoms in total. The Morgan fingerprint density at radius 3 is 2.83 bits per heavy atom. The topological polar surface area (TPSA) is 32.7 Å². The molecule has 2 atom stereocenters. The molecule has 0 radical (unpaired) electrons. The van der Waals surface area contributed by atoms with Gasteiger partial charge in [-0.1, -0.05) is 25.1 Å². The number of ether oxygens (including phenoxy) is 1. The van der Waals surface area contributed by atoms with E-state index in [9.17, 15) is 5.11 Å². The smallest absolute Gasteiger partial charge is 0.119 e. The van der Waals surface area contributed by atoms with E-state index < -0.39 is 0 Å². The Morgan fingerprint density at radius 2 is 2.11 bits per heavy atom. The Hall–Kier alpha value is -1.06. The van der Waals surface area contributed by atoms with Crippen LogP contribution in [-0.2, 0) is 0 Å². The summed E-state index contributed by atoms with van der Waals surface area (Å²) in [4.78, 5) is 2.39.